The van der Waals surface area contributed by atoms with Crippen LogP contribution in [-0.4, -0.2) is 68.3 Å². The molecule has 1 aliphatic rings. The first-order chi connectivity index (χ1) is 14.7. The molecule has 1 aromatic carbocycles. The molecular weight excluding hydrogens is 382 g/mol. The van der Waals surface area contributed by atoms with Crippen molar-refractivity contribution >= 4 is 11.7 Å². The van der Waals surface area contributed by atoms with Crippen molar-refractivity contribution < 1.29 is 14.3 Å². The van der Waals surface area contributed by atoms with Gasteiger partial charge < -0.3 is 20.1 Å². The normalized spacial score (nSPS) is 19.0. The van der Waals surface area contributed by atoms with Crippen molar-refractivity contribution in [3.05, 3.63) is 53.7 Å². The van der Waals surface area contributed by atoms with Gasteiger partial charge in [-0.15, -0.1) is 0 Å². The van der Waals surface area contributed by atoms with Crippen LogP contribution in [0.5, 0.6) is 5.75 Å². The molecule has 0 aliphatic carbocycles. The number of rotatable bonds is 8. The van der Waals surface area contributed by atoms with Crippen LogP contribution in [0.1, 0.15) is 22.3 Å². The first kappa shape index (κ1) is 21.6. The standard InChI is InChI=1S/C22H27N5O3/c1-29-19-8-4-3-7-17(19)22(28)26-18-9-12-27(15-20(18)30-2)13-11-25-21-16(14-23)6-5-10-24-21/h3-8,10,18,20H,9,11-13,15H2,1-2H3,(H,24,25)(H,26,28). The fourth-order valence-electron chi connectivity index (χ4n) is 3.63. The van der Waals surface area contributed by atoms with E-state index in [0.717, 1.165) is 19.5 Å². The minimum absolute atomic E-state index is 0.0717. The van der Waals surface area contributed by atoms with Gasteiger partial charge in [-0.3, -0.25) is 9.69 Å². The van der Waals surface area contributed by atoms with Gasteiger partial charge in [-0.1, -0.05) is 12.1 Å². The number of hydrogen-bond acceptors (Lipinski definition) is 7. The quantitative estimate of drug-likeness (QED) is 0.687. The van der Waals surface area contributed by atoms with Crippen LogP contribution in [0.2, 0.25) is 0 Å². The van der Waals surface area contributed by atoms with Gasteiger partial charge in [0.1, 0.15) is 17.6 Å². The van der Waals surface area contributed by atoms with E-state index in [0.29, 0.717) is 35.8 Å². The summed E-state index contributed by atoms with van der Waals surface area (Å²) < 4.78 is 11.0. The second kappa shape index (κ2) is 10.6. The number of aromatic nitrogens is 1. The van der Waals surface area contributed by atoms with Crippen molar-refractivity contribution in [1.82, 2.24) is 15.2 Å². The van der Waals surface area contributed by atoms with E-state index in [1.807, 2.05) is 12.1 Å². The number of nitriles is 1. The molecule has 2 unspecified atom stereocenters. The number of anilines is 1. The lowest BCUT2D eigenvalue weighted by Gasteiger charge is -2.38. The maximum atomic E-state index is 12.7. The number of benzene rings is 1. The summed E-state index contributed by atoms with van der Waals surface area (Å²) in [6.45, 7) is 3.00. The molecule has 2 N–H and O–H groups in total. The number of carbonyl (C=O) groups is 1. The monoisotopic (exact) mass is 409 g/mol. The predicted molar refractivity (Wildman–Crippen MR) is 114 cm³/mol. The summed E-state index contributed by atoms with van der Waals surface area (Å²) in [5, 5.41) is 15.5. The van der Waals surface area contributed by atoms with Crippen molar-refractivity contribution in [1.29, 1.82) is 5.26 Å². The second-order valence-corrected chi connectivity index (χ2v) is 7.08. The maximum absolute atomic E-state index is 12.7. The van der Waals surface area contributed by atoms with Gasteiger partial charge in [0, 0.05) is 39.5 Å². The molecule has 1 amide bonds. The highest BCUT2D eigenvalue weighted by atomic mass is 16.5. The Bertz CT molecular complexity index is 898. The summed E-state index contributed by atoms with van der Waals surface area (Å²) in [6, 6.07) is 12.7. The van der Waals surface area contributed by atoms with Gasteiger partial charge in [0.05, 0.1) is 30.4 Å². The fourth-order valence-corrected chi connectivity index (χ4v) is 3.63. The van der Waals surface area contributed by atoms with Gasteiger partial charge in [-0.2, -0.15) is 5.26 Å². The van der Waals surface area contributed by atoms with Crippen LogP contribution >= 0.6 is 0 Å². The predicted octanol–water partition coefficient (Wildman–Crippen LogP) is 1.89. The molecule has 0 bridgehead atoms. The average Bonchev–Trinajstić information content (AvgIpc) is 2.80. The van der Waals surface area contributed by atoms with Gasteiger partial charge in [-0.05, 0) is 30.7 Å². The molecule has 0 saturated carbocycles. The highest BCUT2D eigenvalue weighted by molar-refractivity contribution is 5.97. The molecule has 8 nitrogen and oxygen atoms in total. The number of nitrogens with zero attached hydrogens (tertiary/aromatic N) is 3. The topological polar surface area (TPSA) is 99.5 Å². The Balaban J connectivity index is 1.52. The van der Waals surface area contributed by atoms with E-state index >= 15 is 0 Å². The molecule has 3 rings (SSSR count). The first-order valence-corrected chi connectivity index (χ1v) is 9.94. The van der Waals surface area contributed by atoms with Crippen LogP contribution in [0, 0.1) is 11.3 Å². The number of pyridine rings is 1. The van der Waals surface area contributed by atoms with Crippen LogP contribution in [0.4, 0.5) is 5.82 Å². The molecule has 30 heavy (non-hydrogen) atoms. The third kappa shape index (κ3) is 5.26. The maximum Gasteiger partial charge on any atom is 0.255 e. The number of methoxy groups -OCH3 is 2. The average molecular weight is 409 g/mol. The van der Waals surface area contributed by atoms with Gasteiger partial charge in [0.25, 0.3) is 5.91 Å². The molecular formula is C22H27N5O3. The van der Waals surface area contributed by atoms with E-state index in [1.165, 1.54) is 0 Å². The van der Waals surface area contributed by atoms with E-state index in [1.54, 1.807) is 44.7 Å². The number of nitrogens with one attached hydrogen (secondary N) is 2. The smallest absolute Gasteiger partial charge is 0.255 e. The lowest BCUT2D eigenvalue weighted by Crippen LogP contribution is -2.55. The largest absolute Gasteiger partial charge is 0.496 e. The van der Waals surface area contributed by atoms with Crippen molar-refractivity contribution in [3.63, 3.8) is 0 Å². The molecule has 0 radical (unpaired) electrons. The Labute approximate surface area is 176 Å². The van der Waals surface area contributed by atoms with Gasteiger partial charge in [0.15, 0.2) is 0 Å². The zero-order valence-corrected chi connectivity index (χ0v) is 17.3. The number of piperidine rings is 1. The summed E-state index contributed by atoms with van der Waals surface area (Å²) in [6.07, 6.45) is 2.34. The molecule has 2 aromatic rings. The highest BCUT2D eigenvalue weighted by Crippen LogP contribution is 2.19. The van der Waals surface area contributed by atoms with Crippen LogP contribution in [-0.2, 0) is 4.74 Å². The third-order valence-electron chi connectivity index (χ3n) is 5.26. The molecule has 1 fully saturated rings. The minimum Gasteiger partial charge on any atom is -0.496 e. The summed E-state index contributed by atoms with van der Waals surface area (Å²) in [7, 11) is 3.23. The van der Waals surface area contributed by atoms with Gasteiger partial charge >= 0.3 is 0 Å². The molecule has 1 saturated heterocycles. The Morgan fingerprint density at radius 1 is 1.30 bits per heavy atom. The fraction of sp³-hybridized carbons (Fsp3) is 0.409. The zero-order valence-electron chi connectivity index (χ0n) is 17.3. The van der Waals surface area contributed by atoms with E-state index in [2.05, 4.69) is 26.6 Å². The summed E-state index contributed by atoms with van der Waals surface area (Å²) in [4.78, 5) is 19.2. The number of amides is 1. The zero-order chi connectivity index (χ0) is 21.3. The SMILES string of the molecule is COc1ccccc1C(=O)NC1CCN(CCNc2ncccc2C#N)CC1OC. The van der Waals surface area contributed by atoms with Crippen LogP contribution < -0.4 is 15.4 Å². The third-order valence-corrected chi connectivity index (χ3v) is 5.26. The van der Waals surface area contributed by atoms with E-state index in [-0.39, 0.29) is 18.1 Å². The van der Waals surface area contributed by atoms with Gasteiger partial charge in [0.2, 0.25) is 0 Å². The number of ether oxygens (including phenoxy) is 2. The van der Waals surface area contributed by atoms with Crippen LogP contribution in [0.3, 0.4) is 0 Å². The van der Waals surface area contributed by atoms with E-state index < -0.39 is 0 Å². The Kier molecular flexibility index (Phi) is 7.60. The molecule has 2 atom stereocenters. The molecule has 8 heteroatoms. The van der Waals surface area contributed by atoms with Crippen molar-refractivity contribution in [2.75, 3.05) is 45.7 Å². The Morgan fingerprint density at radius 2 is 2.13 bits per heavy atom. The number of carbonyl (C=O) groups excluding carboxylic acids is 1. The summed E-state index contributed by atoms with van der Waals surface area (Å²) in [5.74, 6) is 0.995. The number of likely N-dealkylation sites (tertiary alicyclic amines) is 1. The minimum atomic E-state index is -0.159. The number of para-hydroxylation sites is 1. The van der Waals surface area contributed by atoms with E-state index in [4.69, 9.17) is 14.7 Å². The van der Waals surface area contributed by atoms with Gasteiger partial charge in [-0.25, -0.2) is 4.98 Å². The molecule has 158 valence electrons. The molecule has 1 aromatic heterocycles. The van der Waals surface area contributed by atoms with Crippen LogP contribution in [0.15, 0.2) is 42.6 Å². The lowest BCUT2D eigenvalue weighted by molar-refractivity contribution is 0.00762. The molecule has 1 aliphatic heterocycles. The Morgan fingerprint density at radius 3 is 2.90 bits per heavy atom. The summed E-state index contributed by atoms with van der Waals surface area (Å²) in [5.41, 5.74) is 1.05. The van der Waals surface area contributed by atoms with Crippen LogP contribution in [0.25, 0.3) is 0 Å². The lowest BCUT2D eigenvalue weighted by atomic mass is 10.0. The van der Waals surface area contributed by atoms with Crippen molar-refractivity contribution in [3.8, 4) is 11.8 Å². The summed E-state index contributed by atoms with van der Waals surface area (Å²) >= 11 is 0. The van der Waals surface area contributed by atoms with E-state index in [9.17, 15) is 4.79 Å². The first-order valence-electron chi connectivity index (χ1n) is 9.94. The van der Waals surface area contributed by atoms with Crippen molar-refractivity contribution in [2.24, 2.45) is 0 Å². The highest BCUT2D eigenvalue weighted by Gasteiger charge is 2.31. The molecule has 2 heterocycles. The Hall–Kier alpha value is -3.15. The number of hydrogen-bond donors (Lipinski definition) is 2. The van der Waals surface area contributed by atoms with Crippen molar-refractivity contribution in [2.45, 2.75) is 18.6 Å². The molecule has 0 spiro atoms. The second-order valence-electron chi connectivity index (χ2n) is 7.08.